The fourth-order valence-corrected chi connectivity index (χ4v) is 2.08. The molecule has 0 bridgehead atoms. The van der Waals surface area contributed by atoms with Crippen LogP contribution in [0.15, 0.2) is 18.2 Å². The van der Waals surface area contributed by atoms with Crippen LogP contribution in [0.1, 0.15) is 18.4 Å². The minimum absolute atomic E-state index is 0.00467. The van der Waals surface area contributed by atoms with Crippen LogP contribution < -0.4 is 11.1 Å². The molecule has 1 aromatic carbocycles. The Morgan fingerprint density at radius 3 is 2.89 bits per heavy atom. The summed E-state index contributed by atoms with van der Waals surface area (Å²) < 4.78 is 13.5. The van der Waals surface area contributed by atoms with Gasteiger partial charge in [0.15, 0.2) is 0 Å². The number of carbonyl (C=O) groups excluding carboxylic acids is 1. The van der Waals surface area contributed by atoms with E-state index in [2.05, 4.69) is 5.32 Å². The Hall–Kier alpha value is -1.13. The van der Waals surface area contributed by atoms with Gasteiger partial charge in [0.25, 0.3) is 0 Å². The van der Waals surface area contributed by atoms with Crippen molar-refractivity contribution in [1.29, 1.82) is 0 Å². The van der Waals surface area contributed by atoms with Crippen molar-refractivity contribution in [3.05, 3.63) is 34.6 Å². The quantitative estimate of drug-likeness (QED) is 0.858. The summed E-state index contributed by atoms with van der Waals surface area (Å²) in [7, 11) is 0. The molecular formula is C13H16ClFN2O. The molecule has 1 amide bonds. The number of hydrogen-bond acceptors (Lipinski definition) is 2. The molecule has 3 nitrogen and oxygen atoms in total. The molecule has 1 aliphatic rings. The maximum Gasteiger partial charge on any atom is 0.224 e. The van der Waals surface area contributed by atoms with E-state index in [0.29, 0.717) is 12.5 Å². The monoisotopic (exact) mass is 270 g/mol. The number of halogens is 2. The Morgan fingerprint density at radius 2 is 2.28 bits per heavy atom. The predicted octanol–water partition coefficient (Wildman–Crippen LogP) is 1.88. The number of carbonyl (C=O) groups is 1. The van der Waals surface area contributed by atoms with Crippen molar-refractivity contribution in [3.8, 4) is 0 Å². The van der Waals surface area contributed by atoms with Gasteiger partial charge in [0, 0.05) is 23.2 Å². The van der Waals surface area contributed by atoms with Crippen molar-refractivity contribution >= 4 is 17.5 Å². The molecule has 0 heterocycles. The SMILES string of the molecule is NC(CNC(=O)Cc1c(F)cccc1Cl)C1CC1. The molecule has 1 aromatic rings. The first kappa shape index (κ1) is 13.3. The number of benzene rings is 1. The predicted molar refractivity (Wildman–Crippen MR) is 68.8 cm³/mol. The normalized spacial score (nSPS) is 16.4. The average Bonchev–Trinajstić information content (AvgIpc) is 3.15. The van der Waals surface area contributed by atoms with Gasteiger partial charge in [-0.1, -0.05) is 17.7 Å². The summed E-state index contributed by atoms with van der Waals surface area (Å²) in [5.41, 5.74) is 6.10. The fourth-order valence-electron chi connectivity index (χ4n) is 1.85. The maximum atomic E-state index is 13.5. The van der Waals surface area contributed by atoms with Gasteiger partial charge in [-0.15, -0.1) is 0 Å². The van der Waals surface area contributed by atoms with Crippen LogP contribution in [0.4, 0.5) is 4.39 Å². The lowest BCUT2D eigenvalue weighted by molar-refractivity contribution is -0.120. The number of nitrogens with one attached hydrogen (secondary N) is 1. The third-order valence-electron chi connectivity index (χ3n) is 3.16. The molecule has 1 saturated carbocycles. The molecule has 5 heteroatoms. The van der Waals surface area contributed by atoms with Crippen LogP contribution in [0, 0.1) is 11.7 Å². The highest BCUT2D eigenvalue weighted by Gasteiger charge is 2.28. The van der Waals surface area contributed by atoms with E-state index < -0.39 is 5.82 Å². The van der Waals surface area contributed by atoms with E-state index in [1.165, 1.54) is 12.1 Å². The summed E-state index contributed by atoms with van der Waals surface area (Å²) in [6.07, 6.45) is 2.22. The number of hydrogen-bond donors (Lipinski definition) is 2. The van der Waals surface area contributed by atoms with Gasteiger partial charge in [-0.05, 0) is 30.9 Å². The second-order valence-corrected chi connectivity index (χ2v) is 5.09. The molecule has 0 spiro atoms. The van der Waals surface area contributed by atoms with E-state index in [-0.39, 0.29) is 29.0 Å². The lowest BCUT2D eigenvalue weighted by atomic mass is 10.1. The molecular weight excluding hydrogens is 255 g/mol. The summed E-state index contributed by atoms with van der Waals surface area (Å²) in [6.45, 7) is 0.440. The van der Waals surface area contributed by atoms with Gasteiger partial charge in [0.1, 0.15) is 5.82 Å². The van der Waals surface area contributed by atoms with Crippen molar-refractivity contribution in [2.75, 3.05) is 6.54 Å². The topological polar surface area (TPSA) is 55.1 Å². The summed E-state index contributed by atoms with van der Waals surface area (Å²) in [6, 6.07) is 4.39. The molecule has 18 heavy (non-hydrogen) atoms. The largest absolute Gasteiger partial charge is 0.354 e. The zero-order valence-corrected chi connectivity index (χ0v) is 10.7. The number of amides is 1. The van der Waals surface area contributed by atoms with Crippen molar-refractivity contribution in [2.45, 2.75) is 25.3 Å². The minimum atomic E-state index is -0.454. The smallest absolute Gasteiger partial charge is 0.224 e. The summed E-state index contributed by atoms with van der Waals surface area (Å²) in [4.78, 5) is 11.7. The van der Waals surface area contributed by atoms with E-state index >= 15 is 0 Å². The van der Waals surface area contributed by atoms with Crippen molar-refractivity contribution in [3.63, 3.8) is 0 Å². The molecule has 3 N–H and O–H groups in total. The first-order chi connectivity index (χ1) is 8.58. The Labute approximate surface area is 111 Å². The summed E-state index contributed by atoms with van der Waals surface area (Å²) in [5, 5.41) is 2.99. The summed E-state index contributed by atoms with van der Waals surface area (Å²) in [5.74, 6) is -0.176. The molecule has 1 aliphatic carbocycles. The van der Waals surface area contributed by atoms with Crippen molar-refractivity contribution in [2.24, 2.45) is 11.7 Å². The molecule has 0 radical (unpaired) electrons. The molecule has 98 valence electrons. The van der Waals surface area contributed by atoms with Crippen LogP contribution in [0.2, 0.25) is 5.02 Å². The van der Waals surface area contributed by atoms with E-state index in [1.807, 2.05) is 0 Å². The Bertz CT molecular complexity index is 428. The van der Waals surface area contributed by atoms with Gasteiger partial charge < -0.3 is 11.1 Å². The first-order valence-electron chi connectivity index (χ1n) is 6.03. The van der Waals surface area contributed by atoms with Crippen molar-refractivity contribution < 1.29 is 9.18 Å². The van der Waals surface area contributed by atoms with Gasteiger partial charge in [-0.3, -0.25) is 4.79 Å². The minimum Gasteiger partial charge on any atom is -0.354 e. The van der Waals surface area contributed by atoms with E-state index in [9.17, 15) is 9.18 Å². The molecule has 2 rings (SSSR count). The average molecular weight is 271 g/mol. The van der Waals surface area contributed by atoms with Gasteiger partial charge >= 0.3 is 0 Å². The van der Waals surface area contributed by atoms with Crippen LogP contribution in [0.5, 0.6) is 0 Å². The van der Waals surface area contributed by atoms with E-state index in [0.717, 1.165) is 12.8 Å². The zero-order valence-electron chi connectivity index (χ0n) is 9.96. The van der Waals surface area contributed by atoms with Gasteiger partial charge in [0.2, 0.25) is 5.91 Å². The van der Waals surface area contributed by atoms with Crippen molar-refractivity contribution in [1.82, 2.24) is 5.32 Å². The Kier molecular flexibility index (Phi) is 4.19. The van der Waals surface area contributed by atoms with Crippen LogP contribution >= 0.6 is 11.6 Å². The lowest BCUT2D eigenvalue weighted by Crippen LogP contribution is -2.39. The van der Waals surface area contributed by atoms with Gasteiger partial charge in [-0.25, -0.2) is 4.39 Å². The number of nitrogens with two attached hydrogens (primary N) is 1. The highest BCUT2D eigenvalue weighted by molar-refractivity contribution is 6.31. The highest BCUT2D eigenvalue weighted by Crippen LogP contribution is 2.31. The Balaban J connectivity index is 1.86. The van der Waals surface area contributed by atoms with Crippen LogP contribution in [0.3, 0.4) is 0 Å². The summed E-state index contributed by atoms with van der Waals surface area (Å²) >= 11 is 5.85. The molecule has 0 saturated heterocycles. The zero-order chi connectivity index (χ0) is 13.1. The molecule has 1 unspecified atom stereocenters. The highest BCUT2D eigenvalue weighted by atomic mass is 35.5. The second kappa shape index (κ2) is 5.67. The fraction of sp³-hybridized carbons (Fsp3) is 0.462. The Morgan fingerprint density at radius 1 is 1.56 bits per heavy atom. The second-order valence-electron chi connectivity index (χ2n) is 4.68. The maximum absolute atomic E-state index is 13.5. The molecule has 1 fully saturated rings. The molecule has 0 aromatic heterocycles. The first-order valence-corrected chi connectivity index (χ1v) is 6.41. The lowest BCUT2D eigenvalue weighted by Gasteiger charge is -2.12. The third kappa shape index (κ3) is 3.43. The third-order valence-corrected chi connectivity index (χ3v) is 3.52. The van der Waals surface area contributed by atoms with Crippen LogP contribution in [-0.4, -0.2) is 18.5 Å². The molecule has 0 aliphatic heterocycles. The van der Waals surface area contributed by atoms with E-state index in [1.54, 1.807) is 6.07 Å². The van der Waals surface area contributed by atoms with Gasteiger partial charge in [-0.2, -0.15) is 0 Å². The van der Waals surface area contributed by atoms with Gasteiger partial charge in [0.05, 0.1) is 6.42 Å². The van der Waals surface area contributed by atoms with Crippen LogP contribution in [0.25, 0.3) is 0 Å². The number of rotatable bonds is 5. The standard InChI is InChI=1S/C13H16ClFN2O/c14-10-2-1-3-11(15)9(10)6-13(18)17-7-12(16)8-4-5-8/h1-3,8,12H,4-7,16H2,(H,17,18). The van der Waals surface area contributed by atoms with Crippen LogP contribution in [-0.2, 0) is 11.2 Å². The molecule has 1 atom stereocenters. The van der Waals surface area contributed by atoms with E-state index in [4.69, 9.17) is 17.3 Å².